The van der Waals surface area contributed by atoms with Crippen LogP contribution in [0.5, 0.6) is 0 Å². The highest BCUT2D eigenvalue weighted by molar-refractivity contribution is 5.70. The molecule has 49 heavy (non-hydrogen) atoms. The molecular formula is C41H46O8. The summed E-state index contributed by atoms with van der Waals surface area (Å²) in [5, 5.41) is 0. The molecule has 5 atom stereocenters. The lowest BCUT2D eigenvalue weighted by molar-refractivity contribution is -0.381. The van der Waals surface area contributed by atoms with Gasteiger partial charge in [-0.15, -0.1) is 6.58 Å². The molecular weight excluding hydrogens is 620 g/mol. The van der Waals surface area contributed by atoms with Crippen LogP contribution in [0.15, 0.2) is 134 Å². The molecule has 0 bridgehead atoms. The Bertz CT molecular complexity index is 1520. The van der Waals surface area contributed by atoms with E-state index in [9.17, 15) is 4.79 Å². The van der Waals surface area contributed by atoms with Crippen molar-refractivity contribution in [3.8, 4) is 0 Å². The zero-order chi connectivity index (χ0) is 34.2. The van der Waals surface area contributed by atoms with Crippen molar-refractivity contribution in [2.45, 2.75) is 70.0 Å². The van der Waals surface area contributed by atoms with Crippen LogP contribution in [-0.2, 0) is 64.4 Å². The molecule has 1 heterocycles. The van der Waals surface area contributed by atoms with E-state index in [1.165, 1.54) is 0 Å². The Morgan fingerprint density at radius 2 is 1.16 bits per heavy atom. The maximum absolute atomic E-state index is 13.3. The minimum atomic E-state index is -1.62. The van der Waals surface area contributed by atoms with Gasteiger partial charge in [0.05, 0.1) is 46.2 Å². The van der Waals surface area contributed by atoms with Gasteiger partial charge in [-0.05, 0) is 29.2 Å². The first-order chi connectivity index (χ1) is 24.1. The third-order valence-corrected chi connectivity index (χ3v) is 8.15. The van der Waals surface area contributed by atoms with Crippen molar-refractivity contribution in [2.24, 2.45) is 0 Å². The monoisotopic (exact) mass is 666 g/mol. The average molecular weight is 667 g/mol. The minimum absolute atomic E-state index is 0.0864. The SMILES string of the molecule is C=CCO[C@@]1(CC(=O)OCC)O[C@H](COCc2ccccc2)[C@@H](OCc2ccccc2)[C@H](OCc2ccccc2)[C@@H]1OCc1ccccc1. The van der Waals surface area contributed by atoms with E-state index in [0.29, 0.717) is 13.2 Å². The van der Waals surface area contributed by atoms with Crippen LogP contribution in [-0.4, -0.2) is 56.0 Å². The van der Waals surface area contributed by atoms with Crippen LogP contribution in [0.1, 0.15) is 35.6 Å². The second-order valence-electron chi connectivity index (χ2n) is 11.8. The standard InChI is InChI=1S/C41H46O8/c1-3-25-48-41(26-37(42)44-4-2)40(47-30-35-23-15-8-16-24-35)39(46-29-34-21-13-7-14-22-34)38(45-28-33-19-11-6-12-20-33)36(49-41)31-43-27-32-17-9-5-10-18-32/h3,5-24,36,38-40H,1,4,25-31H2,2H3/t36-,38-,39+,40+,41+/m1/s1. The van der Waals surface area contributed by atoms with Gasteiger partial charge < -0.3 is 33.2 Å². The quantitative estimate of drug-likeness (QED) is 0.0768. The van der Waals surface area contributed by atoms with E-state index < -0.39 is 36.2 Å². The van der Waals surface area contributed by atoms with Gasteiger partial charge in [-0.25, -0.2) is 0 Å². The van der Waals surface area contributed by atoms with Gasteiger partial charge in [-0.1, -0.05) is 127 Å². The Morgan fingerprint density at radius 3 is 1.65 bits per heavy atom. The fourth-order valence-electron chi connectivity index (χ4n) is 5.84. The van der Waals surface area contributed by atoms with Gasteiger partial charge in [0.2, 0.25) is 5.79 Å². The maximum Gasteiger partial charge on any atom is 0.311 e. The highest BCUT2D eigenvalue weighted by atomic mass is 16.7. The molecule has 258 valence electrons. The normalized spacial score (nSPS) is 22.0. The van der Waals surface area contributed by atoms with Crippen LogP contribution in [0.4, 0.5) is 0 Å². The number of rotatable bonds is 19. The zero-order valence-electron chi connectivity index (χ0n) is 28.1. The molecule has 4 aromatic carbocycles. The van der Waals surface area contributed by atoms with Crippen LogP contribution in [0.2, 0.25) is 0 Å². The molecule has 4 aromatic rings. The molecule has 8 heteroatoms. The van der Waals surface area contributed by atoms with Crippen molar-refractivity contribution < 1.29 is 38.0 Å². The molecule has 8 nitrogen and oxygen atoms in total. The fourth-order valence-corrected chi connectivity index (χ4v) is 5.84. The van der Waals surface area contributed by atoms with Gasteiger partial charge in [0, 0.05) is 0 Å². The fraction of sp³-hybridized carbons (Fsp3) is 0.341. The van der Waals surface area contributed by atoms with Gasteiger partial charge in [0.1, 0.15) is 30.8 Å². The average Bonchev–Trinajstić information content (AvgIpc) is 3.14. The second-order valence-corrected chi connectivity index (χ2v) is 11.8. The lowest BCUT2D eigenvalue weighted by atomic mass is 9.89. The topological polar surface area (TPSA) is 81.7 Å². The van der Waals surface area contributed by atoms with Gasteiger partial charge in [0.15, 0.2) is 0 Å². The molecule has 0 spiro atoms. The third-order valence-electron chi connectivity index (χ3n) is 8.15. The summed E-state index contributed by atoms with van der Waals surface area (Å²) in [7, 11) is 0. The summed E-state index contributed by atoms with van der Waals surface area (Å²) in [5.74, 6) is -2.11. The molecule has 1 aliphatic rings. The van der Waals surface area contributed by atoms with Crippen molar-refractivity contribution in [1.82, 2.24) is 0 Å². The minimum Gasteiger partial charge on any atom is -0.466 e. The first kappa shape index (κ1) is 36.1. The predicted octanol–water partition coefficient (Wildman–Crippen LogP) is 7.21. The summed E-state index contributed by atoms with van der Waals surface area (Å²) in [5.41, 5.74) is 3.91. The van der Waals surface area contributed by atoms with E-state index in [4.69, 9.17) is 33.2 Å². The molecule has 0 aromatic heterocycles. The Kier molecular flexibility index (Phi) is 14.1. The van der Waals surface area contributed by atoms with Crippen molar-refractivity contribution >= 4 is 5.97 Å². The number of hydrogen-bond acceptors (Lipinski definition) is 8. The van der Waals surface area contributed by atoms with Gasteiger partial charge in [-0.3, -0.25) is 4.79 Å². The Morgan fingerprint density at radius 1 is 0.694 bits per heavy atom. The molecule has 0 aliphatic carbocycles. The van der Waals surface area contributed by atoms with Crippen LogP contribution in [0.3, 0.4) is 0 Å². The van der Waals surface area contributed by atoms with Gasteiger partial charge in [0.25, 0.3) is 0 Å². The number of carbonyl (C=O) groups is 1. The van der Waals surface area contributed by atoms with Crippen molar-refractivity contribution in [3.63, 3.8) is 0 Å². The summed E-state index contributed by atoms with van der Waals surface area (Å²) in [6.07, 6.45) is -1.71. The van der Waals surface area contributed by atoms with E-state index >= 15 is 0 Å². The number of carbonyl (C=O) groups excluding carboxylic acids is 1. The van der Waals surface area contributed by atoms with E-state index in [1.807, 2.05) is 121 Å². The molecule has 0 saturated carbocycles. The van der Waals surface area contributed by atoms with E-state index in [1.54, 1.807) is 13.0 Å². The molecule has 1 fully saturated rings. The summed E-state index contributed by atoms with van der Waals surface area (Å²) >= 11 is 0. The Labute approximate surface area is 289 Å². The Balaban J connectivity index is 1.55. The van der Waals surface area contributed by atoms with Crippen LogP contribution in [0.25, 0.3) is 0 Å². The Hall–Kier alpha value is -4.15. The van der Waals surface area contributed by atoms with Crippen molar-refractivity contribution in [1.29, 1.82) is 0 Å². The van der Waals surface area contributed by atoms with Crippen LogP contribution >= 0.6 is 0 Å². The van der Waals surface area contributed by atoms with E-state index in [2.05, 4.69) is 6.58 Å². The lowest BCUT2D eigenvalue weighted by Crippen LogP contribution is -2.68. The van der Waals surface area contributed by atoms with Gasteiger partial charge in [-0.2, -0.15) is 0 Å². The number of hydrogen-bond donors (Lipinski definition) is 0. The second kappa shape index (κ2) is 19.1. The maximum atomic E-state index is 13.3. The molecule has 0 radical (unpaired) electrons. The third kappa shape index (κ3) is 10.7. The van der Waals surface area contributed by atoms with E-state index in [-0.39, 0.29) is 39.5 Å². The molecule has 0 N–H and O–H groups in total. The number of esters is 1. The number of benzene rings is 4. The smallest absolute Gasteiger partial charge is 0.311 e. The summed E-state index contributed by atoms with van der Waals surface area (Å²) in [6.45, 7) is 7.17. The summed E-state index contributed by atoms with van der Waals surface area (Å²) in [4.78, 5) is 13.3. The molecule has 5 rings (SSSR count). The molecule has 1 saturated heterocycles. The summed E-state index contributed by atoms with van der Waals surface area (Å²) in [6, 6.07) is 39.5. The van der Waals surface area contributed by atoms with Crippen molar-refractivity contribution in [2.75, 3.05) is 19.8 Å². The van der Waals surface area contributed by atoms with Crippen LogP contribution < -0.4 is 0 Å². The van der Waals surface area contributed by atoms with Gasteiger partial charge >= 0.3 is 5.97 Å². The predicted molar refractivity (Wildman–Crippen MR) is 186 cm³/mol. The highest BCUT2D eigenvalue weighted by Gasteiger charge is 2.59. The molecule has 1 aliphatic heterocycles. The first-order valence-electron chi connectivity index (χ1n) is 16.8. The van der Waals surface area contributed by atoms with E-state index in [0.717, 1.165) is 22.3 Å². The van der Waals surface area contributed by atoms with Crippen LogP contribution in [0, 0.1) is 0 Å². The first-order valence-corrected chi connectivity index (χ1v) is 16.8. The zero-order valence-corrected chi connectivity index (χ0v) is 28.1. The van der Waals surface area contributed by atoms with Crippen molar-refractivity contribution in [3.05, 3.63) is 156 Å². The molecule has 0 unspecified atom stereocenters. The highest BCUT2D eigenvalue weighted by Crippen LogP contribution is 2.40. The summed E-state index contributed by atoms with van der Waals surface area (Å²) < 4.78 is 45.3. The molecule has 0 amide bonds. The number of ether oxygens (including phenoxy) is 7. The lowest BCUT2D eigenvalue weighted by Gasteiger charge is -2.52. The largest absolute Gasteiger partial charge is 0.466 e.